The molecule has 0 unspecified atom stereocenters. The van der Waals surface area contributed by atoms with Crippen molar-refractivity contribution in [2.75, 3.05) is 28.2 Å². The zero-order valence-corrected chi connectivity index (χ0v) is 9.14. The van der Waals surface area contributed by atoms with Crippen LogP contribution in [0.3, 0.4) is 0 Å². The molecular formula is C10H17N3O. The molecule has 0 bridgehead atoms. The van der Waals surface area contributed by atoms with Gasteiger partial charge in [0.25, 0.3) is 0 Å². The van der Waals surface area contributed by atoms with E-state index in [1.807, 2.05) is 18.2 Å². The van der Waals surface area contributed by atoms with Gasteiger partial charge in [0.05, 0.1) is 0 Å². The fourth-order valence-electron chi connectivity index (χ4n) is 0.713. The Morgan fingerprint density at radius 2 is 1.36 bits per heavy atom. The van der Waals surface area contributed by atoms with Crippen LogP contribution in [0.15, 0.2) is 30.6 Å². The number of carbonyl (C=O) groups is 1. The van der Waals surface area contributed by atoms with E-state index < -0.39 is 0 Å². The molecule has 14 heavy (non-hydrogen) atoms. The normalized spacial score (nSPS) is 8.29. The summed E-state index contributed by atoms with van der Waals surface area (Å²) in [6.45, 7) is 0. The molecule has 1 rings (SSSR count). The fraction of sp³-hybridized carbons (Fsp3) is 0.400. The Morgan fingerprint density at radius 1 is 0.929 bits per heavy atom. The Bertz CT molecular complexity index is 210. The smallest absolute Gasteiger partial charge is 0.318 e. The van der Waals surface area contributed by atoms with E-state index in [0.29, 0.717) is 0 Å². The zero-order valence-electron chi connectivity index (χ0n) is 9.14. The molecule has 0 fully saturated rings. The van der Waals surface area contributed by atoms with Crippen molar-refractivity contribution in [1.29, 1.82) is 0 Å². The maximum atomic E-state index is 10.7. The van der Waals surface area contributed by atoms with Gasteiger partial charge < -0.3 is 9.80 Å². The summed E-state index contributed by atoms with van der Waals surface area (Å²) in [7, 11) is 6.90. The first-order chi connectivity index (χ1) is 6.55. The van der Waals surface area contributed by atoms with Gasteiger partial charge in [0.2, 0.25) is 0 Å². The third kappa shape index (κ3) is 5.99. The van der Waals surface area contributed by atoms with Crippen molar-refractivity contribution in [2.45, 2.75) is 0 Å². The first-order valence-corrected chi connectivity index (χ1v) is 4.29. The van der Waals surface area contributed by atoms with E-state index in [0.717, 1.165) is 0 Å². The lowest BCUT2D eigenvalue weighted by Crippen LogP contribution is -2.33. The molecule has 2 amide bonds. The van der Waals surface area contributed by atoms with Gasteiger partial charge in [0.1, 0.15) is 0 Å². The standard InChI is InChI=1S/C5H12N2O.C5H5N/c1-6(2)5(8)7(3)4;1-2-4-6-5-3-1/h1-4H3;1-5H. The van der Waals surface area contributed by atoms with E-state index >= 15 is 0 Å². The van der Waals surface area contributed by atoms with Crippen molar-refractivity contribution < 1.29 is 4.79 Å². The molecule has 0 aromatic carbocycles. The van der Waals surface area contributed by atoms with Gasteiger partial charge in [-0.15, -0.1) is 0 Å². The minimum atomic E-state index is 0.0185. The van der Waals surface area contributed by atoms with E-state index in [4.69, 9.17) is 0 Å². The van der Waals surface area contributed by atoms with Crippen molar-refractivity contribution in [3.63, 3.8) is 0 Å². The maximum absolute atomic E-state index is 10.7. The molecule has 0 N–H and O–H groups in total. The van der Waals surface area contributed by atoms with Gasteiger partial charge in [-0.1, -0.05) is 6.07 Å². The van der Waals surface area contributed by atoms with Crippen LogP contribution < -0.4 is 0 Å². The second-order valence-corrected chi connectivity index (χ2v) is 3.10. The Labute approximate surface area is 85.2 Å². The summed E-state index contributed by atoms with van der Waals surface area (Å²) in [6.07, 6.45) is 3.50. The largest absolute Gasteiger partial charge is 0.331 e. The summed E-state index contributed by atoms with van der Waals surface area (Å²) in [5.74, 6) is 0. The lowest BCUT2D eigenvalue weighted by molar-refractivity contribution is 0.191. The van der Waals surface area contributed by atoms with Crippen LogP contribution in [0.25, 0.3) is 0 Å². The van der Waals surface area contributed by atoms with Crippen LogP contribution in [0.5, 0.6) is 0 Å². The second kappa shape index (κ2) is 6.88. The predicted octanol–water partition coefficient (Wildman–Crippen LogP) is 1.31. The van der Waals surface area contributed by atoms with Crippen molar-refractivity contribution in [3.05, 3.63) is 30.6 Å². The average Bonchev–Trinajstić information content (AvgIpc) is 2.20. The molecule has 0 radical (unpaired) electrons. The molecule has 0 saturated carbocycles. The highest BCUT2D eigenvalue weighted by Crippen LogP contribution is 1.83. The van der Waals surface area contributed by atoms with Crippen molar-refractivity contribution in [2.24, 2.45) is 0 Å². The fourth-order valence-corrected chi connectivity index (χ4v) is 0.713. The minimum absolute atomic E-state index is 0.0185. The van der Waals surface area contributed by atoms with E-state index in [9.17, 15) is 4.79 Å². The topological polar surface area (TPSA) is 36.4 Å². The lowest BCUT2D eigenvalue weighted by Gasteiger charge is -2.16. The number of rotatable bonds is 0. The number of aromatic nitrogens is 1. The van der Waals surface area contributed by atoms with Gasteiger partial charge in [0, 0.05) is 40.6 Å². The first-order valence-electron chi connectivity index (χ1n) is 4.29. The third-order valence-corrected chi connectivity index (χ3v) is 1.33. The summed E-state index contributed by atoms with van der Waals surface area (Å²) in [5.41, 5.74) is 0. The minimum Gasteiger partial charge on any atom is -0.331 e. The summed E-state index contributed by atoms with van der Waals surface area (Å²) in [6, 6.07) is 5.73. The van der Waals surface area contributed by atoms with Crippen LogP contribution in [-0.4, -0.2) is 49.0 Å². The van der Waals surface area contributed by atoms with Gasteiger partial charge in [-0.05, 0) is 12.1 Å². The summed E-state index contributed by atoms with van der Waals surface area (Å²) in [5, 5.41) is 0. The number of pyridine rings is 1. The third-order valence-electron chi connectivity index (χ3n) is 1.33. The Morgan fingerprint density at radius 3 is 1.43 bits per heavy atom. The molecule has 0 spiro atoms. The Balaban J connectivity index is 0.000000249. The number of urea groups is 1. The highest BCUT2D eigenvalue weighted by molar-refractivity contribution is 5.72. The highest BCUT2D eigenvalue weighted by atomic mass is 16.2. The van der Waals surface area contributed by atoms with Crippen LogP contribution in [0.2, 0.25) is 0 Å². The molecule has 1 aromatic rings. The van der Waals surface area contributed by atoms with Crippen LogP contribution in [0.4, 0.5) is 4.79 Å². The molecule has 0 aliphatic heterocycles. The Hall–Kier alpha value is -1.58. The molecule has 4 nitrogen and oxygen atoms in total. The second-order valence-electron chi connectivity index (χ2n) is 3.10. The van der Waals surface area contributed by atoms with Gasteiger partial charge >= 0.3 is 6.03 Å². The van der Waals surface area contributed by atoms with Crippen LogP contribution in [0, 0.1) is 0 Å². The molecule has 0 aliphatic carbocycles. The van der Waals surface area contributed by atoms with E-state index in [2.05, 4.69) is 4.98 Å². The molecule has 4 heteroatoms. The van der Waals surface area contributed by atoms with Gasteiger partial charge in [-0.2, -0.15) is 0 Å². The molecule has 0 atom stereocenters. The predicted molar refractivity (Wildman–Crippen MR) is 57.0 cm³/mol. The van der Waals surface area contributed by atoms with E-state index in [1.54, 1.807) is 40.6 Å². The summed E-state index contributed by atoms with van der Waals surface area (Å²) >= 11 is 0. The van der Waals surface area contributed by atoms with Crippen LogP contribution in [-0.2, 0) is 0 Å². The first kappa shape index (κ1) is 12.4. The summed E-state index contributed by atoms with van der Waals surface area (Å²) in [4.78, 5) is 17.5. The van der Waals surface area contributed by atoms with Crippen molar-refractivity contribution >= 4 is 6.03 Å². The van der Waals surface area contributed by atoms with Crippen molar-refractivity contribution in [1.82, 2.24) is 14.8 Å². The SMILES string of the molecule is CN(C)C(=O)N(C)C.c1ccncc1. The van der Waals surface area contributed by atoms with Crippen molar-refractivity contribution in [3.8, 4) is 0 Å². The molecule has 0 saturated heterocycles. The van der Waals surface area contributed by atoms with E-state index in [-0.39, 0.29) is 6.03 Å². The van der Waals surface area contributed by atoms with E-state index in [1.165, 1.54) is 9.80 Å². The quantitative estimate of drug-likeness (QED) is 0.626. The van der Waals surface area contributed by atoms with Crippen LogP contribution in [0.1, 0.15) is 0 Å². The summed E-state index contributed by atoms with van der Waals surface area (Å²) < 4.78 is 0. The number of hydrogen-bond donors (Lipinski definition) is 0. The number of nitrogens with zero attached hydrogens (tertiary/aromatic N) is 3. The monoisotopic (exact) mass is 195 g/mol. The number of amides is 2. The molecule has 1 heterocycles. The zero-order chi connectivity index (χ0) is 11.0. The molecule has 1 aromatic heterocycles. The van der Waals surface area contributed by atoms with Gasteiger partial charge in [-0.25, -0.2) is 4.79 Å². The highest BCUT2D eigenvalue weighted by Gasteiger charge is 2.02. The van der Waals surface area contributed by atoms with Crippen LogP contribution >= 0.6 is 0 Å². The van der Waals surface area contributed by atoms with Gasteiger partial charge in [0.15, 0.2) is 0 Å². The Kier molecular flexibility index (Phi) is 6.11. The molecule has 0 aliphatic rings. The number of hydrogen-bond acceptors (Lipinski definition) is 2. The number of carbonyl (C=O) groups excluding carboxylic acids is 1. The molecular weight excluding hydrogens is 178 g/mol. The molecule has 78 valence electrons. The average molecular weight is 195 g/mol. The maximum Gasteiger partial charge on any atom is 0.318 e. The lowest BCUT2D eigenvalue weighted by atomic mass is 10.5. The van der Waals surface area contributed by atoms with Gasteiger partial charge in [-0.3, -0.25) is 4.98 Å².